The maximum Gasteiger partial charge on any atom is 0.341 e. The summed E-state index contributed by atoms with van der Waals surface area (Å²) in [5.41, 5.74) is 1.42. The Morgan fingerprint density at radius 1 is 0.576 bits per heavy atom. The maximum atomic E-state index is 12.2. The molecule has 0 aliphatic heterocycles. The number of ether oxygens (including phenoxy) is 4. The third kappa shape index (κ3) is 4.72. The van der Waals surface area contributed by atoms with E-state index >= 15 is 0 Å². The summed E-state index contributed by atoms with van der Waals surface area (Å²) in [6, 6.07) is 23.1. The van der Waals surface area contributed by atoms with Crippen LogP contribution < -0.4 is 9.47 Å². The highest BCUT2D eigenvalue weighted by Crippen LogP contribution is 2.39. The quantitative estimate of drug-likeness (QED) is 0.344. The first-order valence-electron chi connectivity index (χ1n) is 10.1. The molecule has 1 aromatic heterocycles. The van der Waals surface area contributed by atoms with Gasteiger partial charge >= 0.3 is 11.9 Å². The lowest BCUT2D eigenvalue weighted by Gasteiger charge is -2.12. The molecule has 4 rings (SSSR count). The van der Waals surface area contributed by atoms with Gasteiger partial charge in [-0.3, -0.25) is 0 Å². The van der Waals surface area contributed by atoms with Crippen LogP contribution in [-0.2, 0) is 9.47 Å². The molecule has 7 nitrogen and oxygen atoms in total. The van der Waals surface area contributed by atoms with E-state index in [1.54, 1.807) is 60.9 Å². The Morgan fingerprint density at radius 2 is 1.00 bits per heavy atom. The van der Waals surface area contributed by atoms with Crippen molar-refractivity contribution in [3.8, 4) is 28.7 Å². The number of nitrogens with zero attached hydrogens (tertiary/aromatic N) is 1. The minimum Gasteiger partial charge on any atom is -0.465 e. The monoisotopic (exact) mass is 443 g/mol. The maximum absolute atomic E-state index is 12.2. The molecule has 1 heterocycles. The number of para-hydroxylation sites is 3. The molecule has 0 aliphatic rings. The number of benzene rings is 3. The molecule has 166 valence electrons. The molecule has 0 saturated carbocycles. The first-order valence-corrected chi connectivity index (χ1v) is 10.1. The van der Waals surface area contributed by atoms with E-state index in [1.165, 1.54) is 14.2 Å². The Labute approximate surface area is 190 Å². The molecule has 0 spiro atoms. The fourth-order valence-corrected chi connectivity index (χ4v) is 3.23. The Kier molecular flexibility index (Phi) is 6.40. The van der Waals surface area contributed by atoms with Gasteiger partial charge in [0.05, 0.1) is 26.6 Å². The van der Waals surface area contributed by atoms with Crippen molar-refractivity contribution in [1.82, 2.24) is 4.57 Å². The summed E-state index contributed by atoms with van der Waals surface area (Å²) >= 11 is 0. The third-order valence-corrected chi connectivity index (χ3v) is 4.83. The average molecular weight is 443 g/mol. The molecule has 0 bridgehead atoms. The Bertz CT molecular complexity index is 1200. The molecular formula is C26H21NO6. The predicted octanol–water partition coefficient (Wildman–Crippen LogP) is 5.64. The lowest BCUT2D eigenvalue weighted by atomic mass is 10.2. The van der Waals surface area contributed by atoms with Gasteiger partial charge in [0.1, 0.15) is 22.6 Å². The SMILES string of the molecule is COC(=O)c1ccccc1Oc1cn(-c2ccccc2)cc1Oc1ccccc1C(=O)OC. The van der Waals surface area contributed by atoms with Gasteiger partial charge in [-0.15, -0.1) is 0 Å². The number of carbonyl (C=O) groups excluding carboxylic acids is 2. The van der Waals surface area contributed by atoms with Crippen molar-refractivity contribution in [2.45, 2.75) is 0 Å². The normalized spacial score (nSPS) is 10.4. The van der Waals surface area contributed by atoms with E-state index in [-0.39, 0.29) is 11.1 Å². The smallest absolute Gasteiger partial charge is 0.341 e. The van der Waals surface area contributed by atoms with Crippen LogP contribution in [0.3, 0.4) is 0 Å². The molecule has 3 aromatic carbocycles. The molecule has 0 unspecified atom stereocenters. The molecule has 0 aliphatic carbocycles. The van der Waals surface area contributed by atoms with Crippen molar-refractivity contribution in [2.75, 3.05) is 14.2 Å². The summed E-state index contributed by atoms with van der Waals surface area (Å²) < 4.78 is 23.8. The Morgan fingerprint density at radius 3 is 1.45 bits per heavy atom. The van der Waals surface area contributed by atoms with Gasteiger partial charge in [-0.1, -0.05) is 42.5 Å². The highest BCUT2D eigenvalue weighted by Gasteiger charge is 2.20. The van der Waals surface area contributed by atoms with Crippen LogP contribution in [0.2, 0.25) is 0 Å². The molecule has 33 heavy (non-hydrogen) atoms. The molecule has 0 fully saturated rings. The number of methoxy groups -OCH3 is 2. The van der Waals surface area contributed by atoms with E-state index in [2.05, 4.69) is 0 Å². The summed E-state index contributed by atoms with van der Waals surface area (Å²) in [5.74, 6) is 0.255. The minimum atomic E-state index is -0.522. The summed E-state index contributed by atoms with van der Waals surface area (Å²) in [6.07, 6.45) is 3.47. The number of carbonyl (C=O) groups is 2. The van der Waals surface area contributed by atoms with Crippen molar-refractivity contribution < 1.29 is 28.5 Å². The van der Waals surface area contributed by atoms with E-state index in [1.807, 2.05) is 34.9 Å². The first kappa shape index (κ1) is 21.7. The second-order valence-corrected chi connectivity index (χ2v) is 6.91. The van der Waals surface area contributed by atoms with Crippen LogP contribution in [0.1, 0.15) is 20.7 Å². The zero-order valence-electron chi connectivity index (χ0n) is 18.1. The van der Waals surface area contributed by atoms with Crippen molar-refractivity contribution >= 4 is 11.9 Å². The third-order valence-electron chi connectivity index (χ3n) is 4.83. The topological polar surface area (TPSA) is 76.0 Å². The second kappa shape index (κ2) is 9.74. The second-order valence-electron chi connectivity index (χ2n) is 6.91. The van der Waals surface area contributed by atoms with Crippen molar-refractivity contribution in [1.29, 1.82) is 0 Å². The van der Waals surface area contributed by atoms with Crippen molar-refractivity contribution in [3.63, 3.8) is 0 Å². The zero-order valence-corrected chi connectivity index (χ0v) is 18.1. The Hall–Kier alpha value is -4.52. The molecule has 4 aromatic rings. The number of esters is 2. The fraction of sp³-hybridized carbons (Fsp3) is 0.0769. The summed E-state index contributed by atoms with van der Waals surface area (Å²) in [7, 11) is 2.62. The number of hydrogen-bond donors (Lipinski definition) is 0. The van der Waals surface area contributed by atoms with Gasteiger partial charge in [0.15, 0.2) is 11.5 Å². The van der Waals surface area contributed by atoms with Gasteiger partial charge in [0, 0.05) is 5.69 Å². The van der Waals surface area contributed by atoms with Gasteiger partial charge < -0.3 is 23.5 Å². The summed E-state index contributed by atoms with van der Waals surface area (Å²) in [6.45, 7) is 0. The minimum absolute atomic E-state index is 0.272. The van der Waals surface area contributed by atoms with Gasteiger partial charge in [-0.05, 0) is 36.4 Å². The standard InChI is InChI=1S/C26H21NO6/c1-30-25(28)19-12-6-8-14-21(19)32-23-16-27(18-10-4-3-5-11-18)17-24(23)33-22-15-9-7-13-20(22)26(29)31-2/h3-17H,1-2H3. The van der Waals surface area contributed by atoms with Crippen LogP contribution in [0.4, 0.5) is 0 Å². The van der Waals surface area contributed by atoms with E-state index < -0.39 is 11.9 Å². The number of aromatic nitrogens is 1. The van der Waals surface area contributed by atoms with Crippen LogP contribution in [0, 0.1) is 0 Å². The number of rotatable bonds is 7. The highest BCUT2D eigenvalue weighted by atomic mass is 16.5. The van der Waals surface area contributed by atoms with E-state index in [4.69, 9.17) is 18.9 Å². The first-order chi connectivity index (χ1) is 16.1. The van der Waals surface area contributed by atoms with Crippen molar-refractivity contribution in [2.24, 2.45) is 0 Å². The Balaban J connectivity index is 1.77. The van der Waals surface area contributed by atoms with Crippen LogP contribution >= 0.6 is 0 Å². The molecule has 0 amide bonds. The van der Waals surface area contributed by atoms with E-state index in [9.17, 15) is 9.59 Å². The van der Waals surface area contributed by atoms with Gasteiger partial charge in [-0.25, -0.2) is 9.59 Å². The summed E-state index contributed by atoms with van der Waals surface area (Å²) in [5, 5.41) is 0. The van der Waals surface area contributed by atoms with Gasteiger partial charge in [0.2, 0.25) is 0 Å². The van der Waals surface area contributed by atoms with Gasteiger partial charge in [0.25, 0.3) is 0 Å². The van der Waals surface area contributed by atoms with Crippen LogP contribution in [0.5, 0.6) is 23.0 Å². The average Bonchev–Trinajstić information content (AvgIpc) is 3.26. The molecule has 0 N–H and O–H groups in total. The van der Waals surface area contributed by atoms with E-state index in [0.29, 0.717) is 23.0 Å². The predicted molar refractivity (Wildman–Crippen MR) is 121 cm³/mol. The summed E-state index contributed by atoms with van der Waals surface area (Å²) in [4.78, 5) is 24.4. The molecule has 0 saturated heterocycles. The van der Waals surface area contributed by atoms with E-state index in [0.717, 1.165) is 5.69 Å². The largest absolute Gasteiger partial charge is 0.465 e. The van der Waals surface area contributed by atoms with Gasteiger partial charge in [-0.2, -0.15) is 0 Å². The van der Waals surface area contributed by atoms with Crippen LogP contribution in [0.15, 0.2) is 91.3 Å². The number of hydrogen-bond acceptors (Lipinski definition) is 6. The molecule has 0 radical (unpaired) electrons. The molecule has 0 atom stereocenters. The van der Waals surface area contributed by atoms with Crippen LogP contribution in [0.25, 0.3) is 5.69 Å². The lowest BCUT2D eigenvalue weighted by Crippen LogP contribution is -2.04. The lowest BCUT2D eigenvalue weighted by molar-refractivity contribution is 0.0588. The fourth-order valence-electron chi connectivity index (χ4n) is 3.23. The zero-order chi connectivity index (χ0) is 23.2. The van der Waals surface area contributed by atoms with Crippen molar-refractivity contribution in [3.05, 3.63) is 102 Å². The molecular weight excluding hydrogens is 422 g/mol. The molecule has 7 heteroatoms. The highest BCUT2D eigenvalue weighted by molar-refractivity contribution is 5.93. The van der Waals surface area contributed by atoms with Crippen LogP contribution in [-0.4, -0.2) is 30.7 Å².